The summed E-state index contributed by atoms with van der Waals surface area (Å²) in [5.41, 5.74) is 1.08. The molecule has 5 nitrogen and oxygen atoms in total. The van der Waals surface area contributed by atoms with E-state index in [4.69, 9.17) is 16.3 Å². The second-order valence-electron chi connectivity index (χ2n) is 6.29. The van der Waals surface area contributed by atoms with Gasteiger partial charge in [0.1, 0.15) is 5.60 Å². The predicted molar refractivity (Wildman–Crippen MR) is 84.7 cm³/mol. The van der Waals surface area contributed by atoms with Crippen molar-refractivity contribution in [1.82, 2.24) is 4.90 Å². The van der Waals surface area contributed by atoms with Crippen molar-refractivity contribution in [2.45, 2.75) is 51.3 Å². The highest BCUT2D eigenvalue weighted by Crippen LogP contribution is 2.32. The van der Waals surface area contributed by atoms with Gasteiger partial charge in [-0.3, -0.25) is 4.90 Å². The topological polar surface area (TPSA) is 63.7 Å². The summed E-state index contributed by atoms with van der Waals surface area (Å²) in [6, 6.07) is 3.20. The Kier molecular flexibility index (Phi) is 4.46. The minimum Gasteiger partial charge on any atom is -0.444 e. The molecule has 0 bridgehead atoms. The summed E-state index contributed by atoms with van der Waals surface area (Å²) in [5, 5.41) is 0.201. The molecular weight excluding hydrogens is 326 g/mol. The molecule has 0 aromatic heterocycles. The van der Waals surface area contributed by atoms with Crippen molar-refractivity contribution in [3.8, 4) is 0 Å². The molecule has 0 saturated heterocycles. The number of fused-ring (bicyclic) bond motifs is 1. The van der Waals surface area contributed by atoms with Gasteiger partial charge in [-0.05, 0) is 44.0 Å². The van der Waals surface area contributed by atoms with Gasteiger partial charge < -0.3 is 4.74 Å². The molecule has 0 fully saturated rings. The Morgan fingerprint density at radius 1 is 1.27 bits per heavy atom. The van der Waals surface area contributed by atoms with E-state index in [2.05, 4.69) is 0 Å². The van der Waals surface area contributed by atoms with E-state index in [-0.39, 0.29) is 15.7 Å². The molecule has 1 aliphatic heterocycles. The maximum absolute atomic E-state index is 12.1. The number of amides is 1. The third-order valence-electron chi connectivity index (χ3n) is 3.34. The van der Waals surface area contributed by atoms with E-state index < -0.39 is 21.5 Å². The second kappa shape index (κ2) is 5.74. The highest BCUT2D eigenvalue weighted by molar-refractivity contribution is 7.91. The summed E-state index contributed by atoms with van der Waals surface area (Å²) in [4.78, 5) is 13.8. The molecule has 0 unspecified atom stereocenters. The first-order valence-electron chi connectivity index (χ1n) is 7.05. The summed E-state index contributed by atoms with van der Waals surface area (Å²) in [6.45, 7) is 7.68. The van der Waals surface area contributed by atoms with Gasteiger partial charge in [0.2, 0.25) is 0 Å². The standard InChI is InChI=1S/C15H20ClNO4S/c1-5-22(19,20)13-7-11-9-17(8-10(11)6-12(13)16)14(18)21-15(2,3)4/h6-7H,5,8-9H2,1-4H3. The van der Waals surface area contributed by atoms with Crippen LogP contribution >= 0.6 is 11.6 Å². The lowest BCUT2D eigenvalue weighted by atomic mass is 10.1. The van der Waals surface area contributed by atoms with E-state index in [0.29, 0.717) is 13.1 Å². The van der Waals surface area contributed by atoms with E-state index in [1.54, 1.807) is 39.8 Å². The van der Waals surface area contributed by atoms with Gasteiger partial charge in [-0.15, -0.1) is 0 Å². The average Bonchev–Trinajstić information content (AvgIpc) is 2.78. The fraction of sp³-hybridized carbons (Fsp3) is 0.533. The second-order valence-corrected chi connectivity index (χ2v) is 8.95. The molecule has 0 spiro atoms. The molecule has 7 heteroatoms. The fourth-order valence-corrected chi connectivity index (χ4v) is 3.78. The molecule has 1 heterocycles. The molecule has 1 aromatic carbocycles. The monoisotopic (exact) mass is 345 g/mol. The van der Waals surface area contributed by atoms with Crippen LogP contribution in [0.4, 0.5) is 4.79 Å². The normalized spacial score (nSPS) is 14.9. The van der Waals surface area contributed by atoms with Crippen LogP contribution in [0.5, 0.6) is 0 Å². The molecule has 1 amide bonds. The Balaban J connectivity index is 2.27. The fourth-order valence-electron chi connectivity index (χ4n) is 2.25. The molecule has 22 heavy (non-hydrogen) atoms. The molecule has 2 rings (SSSR count). The Labute approximate surface area is 136 Å². The molecule has 0 N–H and O–H groups in total. The highest BCUT2D eigenvalue weighted by Gasteiger charge is 2.29. The zero-order chi connectivity index (χ0) is 16.7. The van der Waals surface area contributed by atoms with E-state index in [9.17, 15) is 13.2 Å². The van der Waals surface area contributed by atoms with E-state index in [0.717, 1.165) is 11.1 Å². The summed E-state index contributed by atoms with van der Waals surface area (Å²) < 4.78 is 29.4. The summed E-state index contributed by atoms with van der Waals surface area (Å²) in [7, 11) is -3.38. The Hall–Kier alpha value is -1.27. The van der Waals surface area contributed by atoms with Crippen molar-refractivity contribution in [2.24, 2.45) is 0 Å². The van der Waals surface area contributed by atoms with Crippen LogP contribution in [0.25, 0.3) is 0 Å². The minimum atomic E-state index is -3.38. The lowest BCUT2D eigenvalue weighted by molar-refractivity contribution is 0.0242. The minimum absolute atomic E-state index is 0.0126. The van der Waals surface area contributed by atoms with E-state index in [1.807, 2.05) is 0 Å². The van der Waals surface area contributed by atoms with Crippen molar-refractivity contribution >= 4 is 27.5 Å². The number of sulfone groups is 1. The Morgan fingerprint density at radius 2 is 1.82 bits per heavy atom. The van der Waals surface area contributed by atoms with Gasteiger partial charge in [0, 0.05) is 13.1 Å². The smallest absolute Gasteiger partial charge is 0.410 e. The number of nitrogens with zero attached hydrogens (tertiary/aromatic N) is 1. The van der Waals surface area contributed by atoms with Gasteiger partial charge in [0.05, 0.1) is 15.7 Å². The number of carbonyl (C=O) groups is 1. The van der Waals surface area contributed by atoms with Crippen LogP contribution in [0.1, 0.15) is 38.8 Å². The van der Waals surface area contributed by atoms with Crippen molar-refractivity contribution in [3.05, 3.63) is 28.3 Å². The third-order valence-corrected chi connectivity index (χ3v) is 5.54. The molecule has 0 aliphatic carbocycles. The van der Waals surface area contributed by atoms with E-state index in [1.165, 1.54) is 4.90 Å². The summed E-state index contributed by atoms with van der Waals surface area (Å²) >= 11 is 6.09. The Bertz CT molecular complexity index is 707. The van der Waals surface area contributed by atoms with Gasteiger partial charge in [0.15, 0.2) is 9.84 Å². The molecule has 1 aliphatic rings. The van der Waals surface area contributed by atoms with Crippen LogP contribution in [-0.2, 0) is 27.7 Å². The van der Waals surface area contributed by atoms with Gasteiger partial charge in [-0.2, -0.15) is 0 Å². The number of hydrogen-bond donors (Lipinski definition) is 0. The number of carbonyl (C=O) groups excluding carboxylic acids is 1. The molecule has 0 atom stereocenters. The van der Waals surface area contributed by atoms with Crippen LogP contribution < -0.4 is 0 Å². The SMILES string of the molecule is CCS(=O)(=O)c1cc2c(cc1Cl)CN(C(=O)OC(C)(C)C)C2. The number of benzene rings is 1. The van der Waals surface area contributed by atoms with Crippen LogP contribution in [-0.4, -0.2) is 30.8 Å². The van der Waals surface area contributed by atoms with Crippen molar-refractivity contribution < 1.29 is 17.9 Å². The molecule has 0 radical (unpaired) electrons. The van der Waals surface area contributed by atoms with Gasteiger partial charge in [-0.25, -0.2) is 13.2 Å². The zero-order valence-electron chi connectivity index (χ0n) is 13.1. The number of halogens is 1. The largest absolute Gasteiger partial charge is 0.444 e. The van der Waals surface area contributed by atoms with Crippen molar-refractivity contribution in [2.75, 3.05) is 5.75 Å². The zero-order valence-corrected chi connectivity index (χ0v) is 14.7. The summed E-state index contributed by atoms with van der Waals surface area (Å²) in [6.07, 6.45) is -0.417. The highest BCUT2D eigenvalue weighted by atomic mass is 35.5. The van der Waals surface area contributed by atoms with Gasteiger partial charge in [-0.1, -0.05) is 18.5 Å². The van der Waals surface area contributed by atoms with Crippen molar-refractivity contribution in [1.29, 1.82) is 0 Å². The quantitative estimate of drug-likeness (QED) is 0.824. The van der Waals surface area contributed by atoms with Crippen LogP contribution in [0.15, 0.2) is 17.0 Å². The number of rotatable bonds is 2. The maximum atomic E-state index is 12.1. The average molecular weight is 346 g/mol. The van der Waals surface area contributed by atoms with Gasteiger partial charge in [0.25, 0.3) is 0 Å². The lowest BCUT2D eigenvalue weighted by Crippen LogP contribution is -2.33. The summed E-state index contributed by atoms with van der Waals surface area (Å²) in [5.74, 6) is -0.0126. The molecule has 122 valence electrons. The van der Waals surface area contributed by atoms with Crippen LogP contribution in [0.3, 0.4) is 0 Å². The van der Waals surface area contributed by atoms with Gasteiger partial charge >= 0.3 is 6.09 Å². The lowest BCUT2D eigenvalue weighted by Gasteiger charge is -2.24. The molecule has 0 saturated carbocycles. The molecular formula is C15H20ClNO4S. The van der Waals surface area contributed by atoms with E-state index >= 15 is 0 Å². The number of ether oxygens (including phenoxy) is 1. The first kappa shape index (κ1) is 17.1. The van der Waals surface area contributed by atoms with Crippen LogP contribution in [0, 0.1) is 0 Å². The number of hydrogen-bond acceptors (Lipinski definition) is 4. The predicted octanol–water partition coefficient (Wildman–Crippen LogP) is 3.38. The van der Waals surface area contributed by atoms with Crippen LogP contribution in [0.2, 0.25) is 5.02 Å². The molecule has 1 aromatic rings. The first-order chi connectivity index (χ1) is 10.0. The maximum Gasteiger partial charge on any atom is 0.410 e. The Morgan fingerprint density at radius 3 is 2.32 bits per heavy atom. The first-order valence-corrected chi connectivity index (χ1v) is 9.08. The van der Waals surface area contributed by atoms with Crippen molar-refractivity contribution in [3.63, 3.8) is 0 Å². The third kappa shape index (κ3) is 3.55.